The highest BCUT2D eigenvalue weighted by atomic mass is 16.5. The fourth-order valence-corrected chi connectivity index (χ4v) is 2.39. The lowest BCUT2D eigenvalue weighted by molar-refractivity contribution is -0.155. The largest absolute Gasteiger partial charge is 0.466 e. The summed E-state index contributed by atoms with van der Waals surface area (Å²) in [6, 6.07) is 0. The fourth-order valence-electron chi connectivity index (χ4n) is 2.39. The van der Waals surface area contributed by atoms with Crippen molar-refractivity contribution >= 4 is 11.9 Å². The summed E-state index contributed by atoms with van der Waals surface area (Å²) < 4.78 is 10.2. The van der Waals surface area contributed by atoms with Gasteiger partial charge in [0.25, 0.3) is 0 Å². The molecule has 0 aromatic rings. The summed E-state index contributed by atoms with van der Waals surface area (Å²) in [7, 11) is 0. The second-order valence-corrected chi connectivity index (χ2v) is 4.38. The van der Waals surface area contributed by atoms with Gasteiger partial charge >= 0.3 is 11.9 Å². The van der Waals surface area contributed by atoms with E-state index in [0.717, 1.165) is 12.8 Å². The van der Waals surface area contributed by atoms with Gasteiger partial charge in [-0.25, -0.2) is 0 Å². The summed E-state index contributed by atoms with van der Waals surface area (Å²) in [6.45, 7) is 3.57. The summed E-state index contributed by atoms with van der Waals surface area (Å²) in [5, 5.41) is 0. The van der Waals surface area contributed by atoms with Crippen LogP contribution in [-0.2, 0) is 19.1 Å². The second-order valence-electron chi connectivity index (χ2n) is 4.38. The maximum Gasteiger partial charge on any atom is 0.313 e. The first-order chi connectivity index (χ1) is 7.60. The molecule has 88 valence electrons. The number of ether oxygens (including phenoxy) is 2. The third kappa shape index (κ3) is 1.72. The molecule has 0 aromatic carbocycles. The molecule has 0 saturated heterocycles. The summed E-state index contributed by atoms with van der Waals surface area (Å²) in [5.41, 5.74) is -0.197. The number of hydrogen-bond acceptors (Lipinski definition) is 4. The van der Waals surface area contributed by atoms with Crippen LogP contribution in [0, 0.1) is 11.3 Å². The molecule has 2 aliphatic rings. The van der Waals surface area contributed by atoms with Gasteiger partial charge in [0.05, 0.1) is 12.5 Å². The van der Waals surface area contributed by atoms with E-state index in [9.17, 15) is 9.59 Å². The van der Waals surface area contributed by atoms with Crippen molar-refractivity contribution in [2.24, 2.45) is 11.3 Å². The molecule has 0 amide bonds. The molecule has 0 unspecified atom stereocenters. The van der Waals surface area contributed by atoms with Gasteiger partial charge in [-0.3, -0.25) is 9.59 Å². The highest BCUT2D eigenvalue weighted by Crippen LogP contribution is 2.59. The Kier molecular flexibility index (Phi) is 2.74. The Bertz CT molecular complexity index is 341. The van der Waals surface area contributed by atoms with Crippen molar-refractivity contribution in [1.29, 1.82) is 0 Å². The molecule has 1 saturated carbocycles. The maximum atomic E-state index is 11.7. The van der Waals surface area contributed by atoms with E-state index in [4.69, 9.17) is 9.47 Å². The Labute approximate surface area is 94.6 Å². The van der Waals surface area contributed by atoms with Crippen LogP contribution in [0.25, 0.3) is 0 Å². The molecule has 0 aromatic heterocycles. The van der Waals surface area contributed by atoms with Crippen molar-refractivity contribution in [3.05, 3.63) is 12.2 Å². The topological polar surface area (TPSA) is 52.6 Å². The maximum absolute atomic E-state index is 11.7. The van der Waals surface area contributed by atoms with Crippen molar-refractivity contribution in [2.75, 3.05) is 6.61 Å². The molecule has 1 spiro atoms. The standard InChI is InChI=1S/C12H16O4/c1-3-15-11(14)9-4-5-10(16-8(2)13)12(9)6-7-12/h4-5,9-10H,3,6-7H2,1-2H3/t9-,10+/m1/s1. The smallest absolute Gasteiger partial charge is 0.313 e. The predicted octanol–water partition coefficient (Wildman–Crippen LogP) is 1.45. The SMILES string of the molecule is CCOC(=O)[C@H]1C=C[C@H](OC(C)=O)C12CC2. The minimum atomic E-state index is -0.301. The first-order valence-corrected chi connectivity index (χ1v) is 5.62. The molecule has 2 rings (SSSR count). The van der Waals surface area contributed by atoms with Crippen molar-refractivity contribution in [3.63, 3.8) is 0 Å². The summed E-state index contributed by atoms with van der Waals surface area (Å²) in [6.07, 6.45) is 5.22. The van der Waals surface area contributed by atoms with Crippen LogP contribution in [0.15, 0.2) is 12.2 Å². The highest BCUT2D eigenvalue weighted by molar-refractivity contribution is 5.77. The number of carbonyl (C=O) groups excluding carboxylic acids is 2. The Hall–Kier alpha value is -1.32. The Morgan fingerprint density at radius 3 is 2.56 bits per heavy atom. The van der Waals surface area contributed by atoms with Gasteiger partial charge in [0.15, 0.2) is 0 Å². The van der Waals surface area contributed by atoms with E-state index >= 15 is 0 Å². The van der Waals surface area contributed by atoms with Crippen molar-refractivity contribution in [1.82, 2.24) is 0 Å². The van der Waals surface area contributed by atoms with Crippen LogP contribution in [0.3, 0.4) is 0 Å². The first-order valence-electron chi connectivity index (χ1n) is 5.62. The number of hydrogen-bond donors (Lipinski definition) is 0. The Morgan fingerprint density at radius 2 is 2.06 bits per heavy atom. The molecule has 0 aliphatic heterocycles. The third-order valence-electron chi connectivity index (χ3n) is 3.33. The van der Waals surface area contributed by atoms with Crippen molar-refractivity contribution in [3.8, 4) is 0 Å². The zero-order valence-electron chi connectivity index (χ0n) is 9.56. The van der Waals surface area contributed by atoms with Gasteiger partial charge in [0.2, 0.25) is 0 Å². The van der Waals surface area contributed by atoms with Gasteiger partial charge in [-0.2, -0.15) is 0 Å². The molecule has 0 heterocycles. The number of esters is 2. The van der Waals surface area contributed by atoms with E-state index in [0.29, 0.717) is 6.61 Å². The van der Waals surface area contributed by atoms with Gasteiger partial charge in [0, 0.05) is 12.3 Å². The van der Waals surface area contributed by atoms with Gasteiger partial charge in [-0.1, -0.05) is 6.08 Å². The van der Waals surface area contributed by atoms with Crippen LogP contribution in [0.5, 0.6) is 0 Å². The van der Waals surface area contributed by atoms with E-state index in [1.54, 1.807) is 6.92 Å². The fraction of sp³-hybridized carbons (Fsp3) is 0.667. The molecular weight excluding hydrogens is 208 g/mol. The lowest BCUT2D eigenvalue weighted by Gasteiger charge is -2.22. The average molecular weight is 224 g/mol. The third-order valence-corrected chi connectivity index (χ3v) is 3.33. The van der Waals surface area contributed by atoms with Gasteiger partial charge in [-0.05, 0) is 25.8 Å². The molecule has 0 radical (unpaired) electrons. The lowest BCUT2D eigenvalue weighted by atomic mass is 9.90. The quantitative estimate of drug-likeness (QED) is 0.537. The minimum absolute atomic E-state index is 0.197. The molecule has 4 heteroatoms. The van der Waals surface area contributed by atoms with Crippen molar-refractivity contribution < 1.29 is 19.1 Å². The molecule has 4 nitrogen and oxygen atoms in total. The monoisotopic (exact) mass is 224 g/mol. The molecule has 2 atom stereocenters. The molecule has 16 heavy (non-hydrogen) atoms. The van der Waals surface area contributed by atoms with E-state index in [1.807, 2.05) is 12.2 Å². The van der Waals surface area contributed by atoms with Crippen LogP contribution in [0.2, 0.25) is 0 Å². The van der Waals surface area contributed by atoms with E-state index in [-0.39, 0.29) is 29.4 Å². The Morgan fingerprint density at radius 1 is 1.38 bits per heavy atom. The molecule has 2 aliphatic carbocycles. The first kappa shape index (κ1) is 11.2. The number of carbonyl (C=O) groups is 2. The second kappa shape index (κ2) is 3.92. The molecule has 0 bridgehead atoms. The zero-order chi connectivity index (χ0) is 11.8. The van der Waals surface area contributed by atoms with Crippen LogP contribution in [0.1, 0.15) is 26.7 Å². The lowest BCUT2D eigenvalue weighted by Crippen LogP contribution is -2.31. The molecule has 0 N–H and O–H groups in total. The van der Waals surface area contributed by atoms with E-state index < -0.39 is 0 Å². The molecular formula is C12H16O4. The van der Waals surface area contributed by atoms with Crippen LogP contribution < -0.4 is 0 Å². The van der Waals surface area contributed by atoms with Crippen LogP contribution in [0.4, 0.5) is 0 Å². The van der Waals surface area contributed by atoms with Gasteiger partial charge in [-0.15, -0.1) is 0 Å². The number of rotatable bonds is 3. The van der Waals surface area contributed by atoms with Crippen LogP contribution >= 0.6 is 0 Å². The molecule has 1 fully saturated rings. The normalized spacial score (nSPS) is 29.1. The van der Waals surface area contributed by atoms with Gasteiger partial charge < -0.3 is 9.47 Å². The van der Waals surface area contributed by atoms with Crippen molar-refractivity contribution in [2.45, 2.75) is 32.8 Å². The van der Waals surface area contributed by atoms with Gasteiger partial charge in [0.1, 0.15) is 6.10 Å². The van der Waals surface area contributed by atoms with E-state index in [2.05, 4.69) is 0 Å². The van der Waals surface area contributed by atoms with Crippen LogP contribution in [-0.4, -0.2) is 24.6 Å². The summed E-state index contributed by atoms with van der Waals surface area (Å²) >= 11 is 0. The summed E-state index contributed by atoms with van der Waals surface area (Å²) in [5.74, 6) is -0.742. The minimum Gasteiger partial charge on any atom is -0.466 e. The zero-order valence-corrected chi connectivity index (χ0v) is 9.56. The Balaban J connectivity index is 2.07. The predicted molar refractivity (Wildman–Crippen MR) is 56.5 cm³/mol. The summed E-state index contributed by atoms with van der Waals surface area (Å²) in [4.78, 5) is 22.7. The average Bonchev–Trinajstić information content (AvgIpc) is 2.89. The van der Waals surface area contributed by atoms with E-state index in [1.165, 1.54) is 6.92 Å². The highest BCUT2D eigenvalue weighted by Gasteiger charge is 2.60.